The predicted octanol–water partition coefficient (Wildman–Crippen LogP) is 3.23. The minimum Gasteiger partial charge on any atom is -0.450 e. The van der Waals surface area contributed by atoms with Gasteiger partial charge in [0.25, 0.3) is 0 Å². The van der Waals surface area contributed by atoms with Crippen molar-refractivity contribution in [3.8, 4) is 0 Å². The summed E-state index contributed by atoms with van der Waals surface area (Å²) in [6.07, 6.45) is 1.56. The predicted molar refractivity (Wildman–Crippen MR) is 70.7 cm³/mol. The summed E-state index contributed by atoms with van der Waals surface area (Å²) in [6, 6.07) is 7.87. The van der Waals surface area contributed by atoms with Crippen LogP contribution >= 0.6 is 12.4 Å². The van der Waals surface area contributed by atoms with Gasteiger partial charge in [-0.2, -0.15) is 0 Å². The van der Waals surface area contributed by atoms with Crippen LogP contribution in [-0.4, -0.2) is 16.5 Å². The van der Waals surface area contributed by atoms with Crippen molar-refractivity contribution in [2.45, 2.75) is 6.92 Å². The molecule has 0 spiro atoms. The van der Waals surface area contributed by atoms with E-state index in [4.69, 9.17) is 4.42 Å². The summed E-state index contributed by atoms with van der Waals surface area (Å²) in [6.45, 7) is 2.83. The van der Waals surface area contributed by atoms with Crippen LogP contribution in [0.3, 0.4) is 0 Å². The third kappa shape index (κ3) is 1.80. The molecule has 0 saturated heterocycles. The van der Waals surface area contributed by atoms with Gasteiger partial charge in [0.1, 0.15) is 17.4 Å². The van der Waals surface area contributed by atoms with Crippen LogP contribution in [0.4, 0.5) is 5.82 Å². The van der Waals surface area contributed by atoms with Gasteiger partial charge < -0.3 is 9.73 Å². The van der Waals surface area contributed by atoms with Crippen molar-refractivity contribution in [1.29, 1.82) is 0 Å². The van der Waals surface area contributed by atoms with Crippen molar-refractivity contribution in [2.24, 2.45) is 0 Å². The highest BCUT2D eigenvalue weighted by molar-refractivity contribution is 6.05. The number of nitrogens with one attached hydrogen (secondary N) is 1. The molecule has 4 nitrogen and oxygen atoms in total. The molecule has 5 heteroatoms. The topological polar surface area (TPSA) is 51.0 Å². The van der Waals surface area contributed by atoms with Crippen LogP contribution in [0.25, 0.3) is 22.1 Å². The number of furan rings is 1. The maximum atomic E-state index is 5.75. The molecule has 0 saturated carbocycles. The monoisotopic (exact) mass is 249 g/mol. The van der Waals surface area contributed by atoms with E-state index in [1.54, 1.807) is 6.33 Å². The SMILES string of the molecule is CCNc1ncnc2c1oc1ccccc12.Cl. The van der Waals surface area contributed by atoms with E-state index in [9.17, 15) is 0 Å². The Kier molecular flexibility index (Phi) is 3.15. The zero-order chi connectivity index (χ0) is 11.0. The van der Waals surface area contributed by atoms with Crippen molar-refractivity contribution in [3.05, 3.63) is 30.6 Å². The Hall–Kier alpha value is -1.81. The molecular formula is C12H12ClN3O. The van der Waals surface area contributed by atoms with Gasteiger partial charge in [-0.25, -0.2) is 9.97 Å². The first-order chi connectivity index (χ1) is 7.90. The number of fused-ring (bicyclic) bond motifs is 3. The van der Waals surface area contributed by atoms with Gasteiger partial charge in [0.2, 0.25) is 0 Å². The fraction of sp³-hybridized carbons (Fsp3) is 0.167. The van der Waals surface area contributed by atoms with Crippen molar-refractivity contribution in [2.75, 3.05) is 11.9 Å². The summed E-state index contributed by atoms with van der Waals surface area (Å²) in [7, 11) is 0. The first-order valence-electron chi connectivity index (χ1n) is 5.26. The van der Waals surface area contributed by atoms with E-state index >= 15 is 0 Å². The number of para-hydroxylation sites is 1. The van der Waals surface area contributed by atoms with Crippen LogP contribution in [0.1, 0.15) is 6.92 Å². The highest BCUT2D eigenvalue weighted by Crippen LogP contribution is 2.29. The lowest BCUT2D eigenvalue weighted by Crippen LogP contribution is -1.99. The van der Waals surface area contributed by atoms with Crippen LogP contribution in [0, 0.1) is 0 Å². The molecule has 3 aromatic rings. The van der Waals surface area contributed by atoms with Gasteiger partial charge in [-0.3, -0.25) is 0 Å². The molecule has 0 aliphatic heterocycles. The zero-order valence-electron chi connectivity index (χ0n) is 9.30. The zero-order valence-corrected chi connectivity index (χ0v) is 10.1. The molecular weight excluding hydrogens is 238 g/mol. The Balaban J connectivity index is 0.00000108. The van der Waals surface area contributed by atoms with Crippen LogP contribution in [-0.2, 0) is 0 Å². The quantitative estimate of drug-likeness (QED) is 0.758. The minimum absolute atomic E-state index is 0. The van der Waals surface area contributed by atoms with Gasteiger partial charge in [0.05, 0.1) is 0 Å². The molecule has 17 heavy (non-hydrogen) atoms. The van der Waals surface area contributed by atoms with E-state index in [2.05, 4.69) is 15.3 Å². The minimum atomic E-state index is 0. The second-order valence-corrected chi connectivity index (χ2v) is 3.53. The highest BCUT2D eigenvalue weighted by Gasteiger charge is 2.11. The van der Waals surface area contributed by atoms with Crippen LogP contribution < -0.4 is 5.32 Å². The largest absolute Gasteiger partial charge is 0.450 e. The first kappa shape index (κ1) is 11.7. The average Bonchev–Trinajstić information content (AvgIpc) is 2.69. The van der Waals surface area contributed by atoms with E-state index in [-0.39, 0.29) is 12.4 Å². The summed E-state index contributed by atoms with van der Waals surface area (Å²) in [5, 5.41) is 4.19. The van der Waals surface area contributed by atoms with E-state index in [1.165, 1.54) is 0 Å². The van der Waals surface area contributed by atoms with Crippen molar-refractivity contribution in [3.63, 3.8) is 0 Å². The molecule has 88 valence electrons. The maximum Gasteiger partial charge on any atom is 0.196 e. The third-order valence-electron chi connectivity index (χ3n) is 2.50. The molecule has 0 amide bonds. The number of rotatable bonds is 2. The summed E-state index contributed by atoms with van der Waals surface area (Å²) in [5.41, 5.74) is 2.43. The number of benzene rings is 1. The Bertz CT molecular complexity index is 650. The first-order valence-corrected chi connectivity index (χ1v) is 5.26. The molecule has 0 atom stereocenters. The lowest BCUT2D eigenvalue weighted by atomic mass is 10.2. The standard InChI is InChI=1S/C12H11N3O.ClH/c1-2-13-12-11-10(14-7-15-12)8-5-3-4-6-9(8)16-11;/h3-7H,2H2,1H3,(H,13,14,15);1H. The number of hydrogen-bond acceptors (Lipinski definition) is 4. The Morgan fingerprint density at radius 2 is 2.06 bits per heavy atom. The van der Waals surface area contributed by atoms with Crippen molar-refractivity contribution in [1.82, 2.24) is 9.97 Å². The fourth-order valence-corrected chi connectivity index (χ4v) is 1.82. The molecule has 0 aliphatic carbocycles. The summed E-state index contributed by atoms with van der Waals surface area (Å²) in [4.78, 5) is 8.44. The smallest absolute Gasteiger partial charge is 0.196 e. The Morgan fingerprint density at radius 1 is 1.24 bits per heavy atom. The maximum absolute atomic E-state index is 5.75. The molecule has 0 radical (unpaired) electrons. The van der Waals surface area contributed by atoms with E-state index in [1.807, 2.05) is 31.2 Å². The lowest BCUT2D eigenvalue weighted by molar-refractivity contribution is 0.666. The molecule has 0 fully saturated rings. The Labute approximate surface area is 104 Å². The van der Waals surface area contributed by atoms with Gasteiger partial charge in [-0.1, -0.05) is 12.1 Å². The average molecular weight is 250 g/mol. The van der Waals surface area contributed by atoms with E-state index < -0.39 is 0 Å². The second kappa shape index (κ2) is 4.59. The van der Waals surface area contributed by atoms with Gasteiger partial charge in [0.15, 0.2) is 11.4 Å². The third-order valence-corrected chi connectivity index (χ3v) is 2.50. The molecule has 1 N–H and O–H groups in total. The molecule has 0 unspecified atom stereocenters. The molecule has 1 aromatic carbocycles. The summed E-state index contributed by atoms with van der Waals surface area (Å²) in [5.74, 6) is 0.753. The molecule has 2 aromatic heterocycles. The molecule has 0 aliphatic rings. The number of anilines is 1. The van der Waals surface area contributed by atoms with Gasteiger partial charge >= 0.3 is 0 Å². The second-order valence-electron chi connectivity index (χ2n) is 3.53. The number of halogens is 1. The van der Waals surface area contributed by atoms with Crippen LogP contribution in [0.5, 0.6) is 0 Å². The van der Waals surface area contributed by atoms with E-state index in [0.29, 0.717) is 0 Å². The summed E-state index contributed by atoms with van der Waals surface area (Å²) >= 11 is 0. The normalized spacial score (nSPS) is 10.4. The summed E-state index contributed by atoms with van der Waals surface area (Å²) < 4.78 is 5.75. The van der Waals surface area contributed by atoms with Gasteiger partial charge in [-0.05, 0) is 19.1 Å². The van der Waals surface area contributed by atoms with Crippen molar-refractivity contribution >= 4 is 40.3 Å². The molecule has 0 bridgehead atoms. The van der Waals surface area contributed by atoms with Crippen LogP contribution in [0.15, 0.2) is 35.0 Å². The fourth-order valence-electron chi connectivity index (χ4n) is 1.82. The molecule has 2 heterocycles. The van der Waals surface area contributed by atoms with E-state index in [0.717, 1.165) is 34.4 Å². The number of nitrogens with zero attached hydrogens (tertiary/aromatic N) is 2. The molecule has 3 rings (SSSR count). The Morgan fingerprint density at radius 3 is 2.88 bits per heavy atom. The van der Waals surface area contributed by atoms with Gasteiger partial charge in [0, 0.05) is 11.9 Å². The van der Waals surface area contributed by atoms with Crippen LogP contribution in [0.2, 0.25) is 0 Å². The van der Waals surface area contributed by atoms with Gasteiger partial charge in [-0.15, -0.1) is 12.4 Å². The number of aromatic nitrogens is 2. The number of hydrogen-bond donors (Lipinski definition) is 1. The van der Waals surface area contributed by atoms with Crippen molar-refractivity contribution < 1.29 is 4.42 Å². The highest BCUT2D eigenvalue weighted by atomic mass is 35.5. The lowest BCUT2D eigenvalue weighted by Gasteiger charge is -2.00.